The summed E-state index contributed by atoms with van der Waals surface area (Å²) in [5.41, 5.74) is 1.90. The lowest BCUT2D eigenvalue weighted by atomic mass is 9.82. The lowest BCUT2D eigenvalue weighted by molar-refractivity contribution is -0.141. The predicted molar refractivity (Wildman–Crippen MR) is 169 cm³/mol. The molecule has 240 valence electrons. The Morgan fingerprint density at radius 3 is 2.76 bits per heavy atom. The van der Waals surface area contributed by atoms with Gasteiger partial charge in [-0.1, -0.05) is 30.5 Å². The number of ether oxygens (including phenoxy) is 2. The molecule has 1 saturated heterocycles. The topological polar surface area (TPSA) is 139 Å². The minimum absolute atomic E-state index is 0.0308. The minimum Gasteiger partial charge on any atom is -0.453 e. The minimum atomic E-state index is -1.39. The van der Waals surface area contributed by atoms with E-state index in [4.69, 9.17) is 21.1 Å². The van der Waals surface area contributed by atoms with Crippen LogP contribution in [0, 0.1) is 5.82 Å². The number of fused-ring (bicyclic) bond motifs is 6. The van der Waals surface area contributed by atoms with Gasteiger partial charge in [0.25, 0.3) is 0 Å². The van der Waals surface area contributed by atoms with Crippen molar-refractivity contribution in [2.24, 2.45) is 0 Å². The largest absolute Gasteiger partial charge is 0.453 e. The second-order valence-corrected chi connectivity index (χ2v) is 12.1. The number of aromatic nitrogens is 1. The van der Waals surface area contributed by atoms with Crippen molar-refractivity contribution in [1.29, 1.82) is 0 Å². The molecule has 6 rings (SSSR count). The van der Waals surface area contributed by atoms with Crippen molar-refractivity contribution in [1.82, 2.24) is 9.88 Å². The Balaban J connectivity index is 1.35. The maximum Gasteiger partial charge on any atom is 0.412 e. The zero-order valence-electron chi connectivity index (χ0n) is 25.2. The number of pyridine rings is 1. The predicted octanol–water partition coefficient (Wildman–Crippen LogP) is 6.79. The molecule has 1 fully saturated rings. The van der Waals surface area contributed by atoms with Crippen LogP contribution >= 0.6 is 11.6 Å². The molecule has 11 nitrogen and oxygen atoms in total. The Hall–Kier alpha value is -4.71. The van der Waals surface area contributed by atoms with Crippen molar-refractivity contribution in [3.05, 3.63) is 70.8 Å². The van der Waals surface area contributed by atoms with Crippen LogP contribution in [0.15, 0.2) is 48.7 Å². The van der Waals surface area contributed by atoms with Gasteiger partial charge >= 0.3 is 12.2 Å². The molecular formula is C33H33ClFN5O6. The molecular weight excluding hydrogens is 617 g/mol. The monoisotopic (exact) mass is 649 g/mol. The molecule has 13 heteroatoms. The summed E-state index contributed by atoms with van der Waals surface area (Å²) in [6, 6.07) is 11.7. The van der Waals surface area contributed by atoms with Crippen LogP contribution in [0.2, 0.25) is 5.02 Å². The summed E-state index contributed by atoms with van der Waals surface area (Å²) in [5.74, 6) is -1.69. The normalized spacial score (nSPS) is 21.2. The van der Waals surface area contributed by atoms with E-state index in [-0.39, 0.29) is 41.1 Å². The van der Waals surface area contributed by atoms with Crippen molar-refractivity contribution in [2.45, 2.75) is 56.5 Å². The van der Waals surface area contributed by atoms with E-state index in [1.54, 1.807) is 41.4 Å². The zero-order valence-corrected chi connectivity index (χ0v) is 25.9. The van der Waals surface area contributed by atoms with Crippen LogP contribution in [-0.4, -0.2) is 54.1 Å². The lowest BCUT2D eigenvalue weighted by Gasteiger charge is -2.45. The van der Waals surface area contributed by atoms with Crippen LogP contribution in [0.25, 0.3) is 11.1 Å². The summed E-state index contributed by atoms with van der Waals surface area (Å²) in [4.78, 5) is 57.9. The number of benzene rings is 2. The Kier molecular flexibility index (Phi) is 8.81. The first-order valence-electron chi connectivity index (χ1n) is 15.2. The van der Waals surface area contributed by atoms with Gasteiger partial charge in [0, 0.05) is 30.4 Å². The molecule has 4 amide bonds. The molecule has 46 heavy (non-hydrogen) atoms. The van der Waals surface area contributed by atoms with Crippen LogP contribution in [0.4, 0.5) is 31.0 Å². The number of hydrogen-bond acceptors (Lipinski definition) is 7. The molecule has 0 unspecified atom stereocenters. The first-order chi connectivity index (χ1) is 22.2. The SMILES string of the molecule is COC(=O)Nc1ccc2c(c1)NC(=O)CCCCC[C@H](C(=O)N1CCC[C@@]3(C1)OC(=O)Nc1ccc(Cl)c(F)c13)c1cc-2ccn1. The Morgan fingerprint density at radius 1 is 1.09 bits per heavy atom. The molecule has 3 aromatic rings. The van der Waals surface area contributed by atoms with Crippen molar-refractivity contribution in [3.63, 3.8) is 0 Å². The third-order valence-corrected chi connectivity index (χ3v) is 9.00. The van der Waals surface area contributed by atoms with Crippen LogP contribution in [0.1, 0.15) is 62.1 Å². The smallest absolute Gasteiger partial charge is 0.412 e. The molecule has 3 aliphatic rings. The number of nitrogens with zero attached hydrogens (tertiary/aromatic N) is 2. The molecule has 2 atom stereocenters. The zero-order chi connectivity index (χ0) is 32.4. The summed E-state index contributed by atoms with van der Waals surface area (Å²) in [6.07, 6.45) is 3.82. The number of amides is 4. The molecule has 2 bridgehead atoms. The van der Waals surface area contributed by atoms with Gasteiger partial charge in [-0.25, -0.2) is 14.0 Å². The van der Waals surface area contributed by atoms with Gasteiger partial charge in [-0.05, 0) is 67.6 Å². The maximum absolute atomic E-state index is 15.5. The molecule has 1 aromatic heterocycles. The Bertz CT molecular complexity index is 1720. The second-order valence-electron chi connectivity index (χ2n) is 11.7. The van der Waals surface area contributed by atoms with E-state index in [9.17, 15) is 19.2 Å². The van der Waals surface area contributed by atoms with E-state index >= 15 is 4.39 Å². The number of anilines is 3. The van der Waals surface area contributed by atoms with Gasteiger partial charge in [-0.3, -0.25) is 25.2 Å². The fraction of sp³-hybridized carbons (Fsp3) is 0.364. The van der Waals surface area contributed by atoms with Crippen LogP contribution in [0.5, 0.6) is 0 Å². The summed E-state index contributed by atoms with van der Waals surface area (Å²) in [7, 11) is 1.26. The van der Waals surface area contributed by atoms with Gasteiger partial charge in [-0.15, -0.1) is 0 Å². The Labute approximate surface area is 269 Å². The van der Waals surface area contributed by atoms with Crippen molar-refractivity contribution >= 4 is 52.7 Å². The average molecular weight is 650 g/mol. The van der Waals surface area contributed by atoms with E-state index in [1.165, 1.54) is 13.2 Å². The maximum atomic E-state index is 15.5. The number of carbonyl (C=O) groups excluding carboxylic acids is 4. The third-order valence-electron chi connectivity index (χ3n) is 8.71. The highest BCUT2D eigenvalue weighted by Crippen LogP contribution is 2.46. The molecule has 2 aromatic carbocycles. The Morgan fingerprint density at radius 2 is 1.93 bits per heavy atom. The summed E-state index contributed by atoms with van der Waals surface area (Å²) < 4.78 is 25.9. The second kappa shape index (κ2) is 13.0. The number of piperidine rings is 1. The van der Waals surface area contributed by atoms with Crippen LogP contribution in [-0.2, 0) is 24.7 Å². The van der Waals surface area contributed by atoms with Gasteiger partial charge in [0.05, 0.1) is 47.2 Å². The summed E-state index contributed by atoms with van der Waals surface area (Å²) in [5, 5.41) is 8.04. The molecule has 0 radical (unpaired) electrons. The molecule has 3 aliphatic heterocycles. The first-order valence-corrected chi connectivity index (χ1v) is 15.6. The number of nitrogens with one attached hydrogen (secondary N) is 3. The highest BCUT2D eigenvalue weighted by molar-refractivity contribution is 6.31. The van der Waals surface area contributed by atoms with Crippen LogP contribution < -0.4 is 16.0 Å². The van der Waals surface area contributed by atoms with Crippen molar-refractivity contribution in [3.8, 4) is 11.1 Å². The number of hydrogen-bond donors (Lipinski definition) is 3. The average Bonchev–Trinajstić information content (AvgIpc) is 3.04. The summed E-state index contributed by atoms with van der Waals surface area (Å²) in [6.45, 7) is 0.368. The molecule has 0 aliphatic carbocycles. The van der Waals surface area contributed by atoms with Crippen LogP contribution in [0.3, 0.4) is 0 Å². The van der Waals surface area contributed by atoms with Gasteiger partial charge in [0.15, 0.2) is 11.4 Å². The summed E-state index contributed by atoms with van der Waals surface area (Å²) >= 11 is 6.14. The van der Waals surface area contributed by atoms with E-state index in [2.05, 4.69) is 20.9 Å². The standard InChI is InChI=1S/C33H33ClFN5O6/c1-45-31(43)37-20-8-9-21-19-12-14-36-25(16-19)22(6-3-2-4-7-27(41)38-26(21)17-20)30(42)40-15-5-13-33(18-40)28-24(39-32(44)46-33)11-10-23(34)29(28)35/h8-12,14,16-17,22H,2-7,13,15,18H2,1H3,(H,37,43)(H,38,41)(H,39,44)/t22-,33-/m0/s1. The van der Waals surface area contributed by atoms with E-state index in [1.807, 2.05) is 6.07 Å². The van der Waals surface area contributed by atoms with E-state index in [0.717, 1.165) is 5.56 Å². The van der Waals surface area contributed by atoms with Gasteiger partial charge < -0.3 is 19.7 Å². The van der Waals surface area contributed by atoms with Gasteiger partial charge in [0.2, 0.25) is 11.8 Å². The number of rotatable bonds is 2. The fourth-order valence-corrected chi connectivity index (χ4v) is 6.71. The number of halogens is 2. The number of methoxy groups -OCH3 is 1. The molecule has 1 spiro atoms. The first kappa shape index (κ1) is 31.3. The number of carbonyl (C=O) groups is 4. The molecule has 0 saturated carbocycles. The number of likely N-dealkylation sites (tertiary alicyclic amines) is 1. The highest BCUT2D eigenvalue weighted by Gasteiger charge is 2.49. The van der Waals surface area contributed by atoms with Gasteiger partial charge in [-0.2, -0.15) is 0 Å². The highest BCUT2D eigenvalue weighted by atomic mass is 35.5. The van der Waals surface area contributed by atoms with Crippen molar-refractivity contribution < 1.29 is 33.0 Å². The lowest BCUT2D eigenvalue weighted by Crippen LogP contribution is -2.54. The van der Waals surface area contributed by atoms with Gasteiger partial charge in [0.1, 0.15) is 0 Å². The molecule has 3 N–H and O–H groups in total. The fourth-order valence-electron chi connectivity index (χ4n) is 6.56. The van der Waals surface area contributed by atoms with Crippen molar-refractivity contribution in [2.75, 3.05) is 36.1 Å². The van der Waals surface area contributed by atoms with E-state index in [0.29, 0.717) is 67.7 Å². The third kappa shape index (κ3) is 6.21. The molecule has 4 heterocycles. The quantitative estimate of drug-likeness (QED) is 0.278. The van der Waals surface area contributed by atoms with E-state index < -0.39 is 29.5 Å².